The van der Waals surface area contributed by atoms with E-state index in [2.05, 4.69) is 14.6 Å². The summed E-state index contributed by atoms with van der Waals surface area (Å²) in [4.78, 5) is 2.24. The minimum absolute atomic E-state index is 0.367. The first-order valence-electron chi connectivity index (χ1n) is 9.47. The van der Waals surface area contributed by atoms with Crippen LogP contribution in [0.15, 0.2) is 42.5 Å². The number of hydrogen-bond acceptors (Lipinski definition) is 5. The molecule has 0 unspecified atom stereocenters. The van der Waals surface area contributed by atoms with Gasteiger partial charge in [-0.2, -0.15) is 4.37 Å². The second kappa shape index (κ2) is 7.44. The quantitative estimate of drug-likeness (QED) is 0.479. The Morgan fingerprint density at radius 2 is 1.93 bits per heavy atom. The number of halogens is 2. The van der Waals surface area contributed by atoms with Gasteiger partial charge >= 0.3 is 0 Å². The van der Waals surface area contributed by atoms with Crippen molar-refractivity contribution < 1.29 is 9.13 Å². The predicted molar refractivity (Wildman–Crippen MR) is 119 cm³/mol. The summed E-state index contributed by atoms with van der Waals surface area (Å²) in [5.41, 5.74) is 1.45. The lowest BCUT2D eigenvalue weighted by atomic mass is 9.96. The SMILES string of the molecule is COc1cc(-c2c(Cl)cc3c(N4CCNCC4)snc3c2F)c2ccccc2c1. The number of aromatic nitrogens is 1. The van der Waals surface area contributed by atoms with Crippen LogP contribution in [0, 0.1) is 5.82 Å². The third-order valence-electron chi connectivity index (χ3n) is 5.39. The van der Waals surface area contributed by atoms with Crippen molar-refractivity contribution in [2.24, 2.45) is 0 Å². The summed E-state index contributed by atoms with van der Waals surface area (Å²) >= 11 is 8.00. The number of piperazine rings is 1. The number of nitrogens with zero attached hydrogens (tertiary/aromatic N) is 2. The van der Waals surface area contributed by atoms with E-state index in [1.54, 1.807) is 7.11 Å². The molecule has 1 N–H and O–H groups in total. The van der Waals surface area contributed by atoms with Crippen molar-refractivity contribution in [2.45, 2.75) is 0 Å². The van der Waals surface area contributed by atoms with Crippen LogP contribution in [0.5, 0.6) is 5.75 Å². The van der Waals surface area contributed by atoms with E-state index in [1.165, 1.54) is 11.5 Å². The third kappa shape index (κ3) is 3.12. The lowest BCUT2D eigenvalue weighted by Gasteiger charge is -2.28. The number of ether oxygens (including phenoxy) is 1. The fourth-order valence-corrected chi connectivity index (χ4v) is 5.15. The number of hydrogen-bond donors (Lipinski definition) is 1. The van der Waals surface area contributed by atoms with Gasteiger partial charge < -0.3 is 15.0 Å². The van der Waals surface area contributed by atoms with Crippen molar-refractivity contribution in [1.82, 2.24) is 9.69 Å². The van der Waals surface area contributed by atoms with Gasteiger partial charge in [-0.1, -0.05) is 35.9 Å². The number of nitrogens with one attached hydrogen (secondary N) is 1. The van der Waals surface area contributed by atoms with E-state index in [0.717, 1.165) is 47.3 Å². The van der Waals surface area contributed by atoms with Gasteiger partial charge in [0.2, 0.25) is 0 Å². The molecule has 0 atom stereocenters. The number of methoxy groups -OCH3 is 1. The summed E-state index contributed by atoms with van der Waals surface area (Å²) in [7, 11) is 1.61. The first-order valence-corrected chi connectivity index (χ1v) is 10.6. The Morgan fingerprint density at radius 3 is 2.72 bits per heavy atom. The van der Waals surface area contributed by atoms with Crippen LogP contribution in [0.25, 0.3) is 32.8 Å². The topological polar surface area (TPSA) is 37.4 Å². The van der Waals surface area contributed by atoms with Crippen LogP contribution < -0.4 is 15.0 Å². The average molecular weight is 428 g/mol. The highest BCUT2D eigenvalue weighted by atomic mass is 35.5. The molecule has 0 aliphatic carbocycles. The Labute approximate surface area is 177 Å². The second-order valence-electron chi connectivity index (χ2n) is 7.06. The molecule has 0 amide bonds. The average Bonchev–Trinajstić information content (AvgIpc) is 3.18. The zero-order chi connectivity index (χ0) is 20.0. The predicted octanol–water partition coefficient (Wildman–Crippen LogP) is 5.33. The first-order chi connectivity index (χ1) is 14.2. The number of fused-ring (bicyclic) bond motifs is 2. The van der Waals surface area contributed by atoms with Gasteiger partial charge in [-0.25, -0.2) is 4.39 Å². The van der Waals surface area contributed by atoms with E-state index in [4.69, 9.17) is 16.3 Å². The van der Waals surface area contributed by atoms with E-state index >= 15 is 4.39 Å². The molecular formula is C22H19ClFN3OS. The normalized spacial score (nSPS) is 14.7. The minimum atomic E-state index is -0.386. The summed E-state index contributed by atoms with van der Waals surface area (Å²) < 4.78 is 25.6. The molecule has 4 nitrogen and oxygen atoms in total. The summed E-state index contributed by atoms with van der Waals surface area (Å²) in [5.74, 6) is 0.276. The molecule has 0 bridgehead atoms. The third-order valence-corrected chi connectivity index (χ3v) is 6.61. The summed E-state index contributed by atoms with van der Waals surface area (Å²) in [6, 6.07) is 13.5. The zero-order valence-corrected chi connectivity index (χ0v) is 17.4. The van der Waals surface area contributed by atoms with Crippen molar-refractivity contribution in [1.29, 1.82) is 0 Å². The molecule has 5 rings (SSSR count). The van der Waals surface area contributed by atoms with Crippen LogP contribution in [0.4, 0.5) is 9.39 Å². The van der Waals surface area contributed by atoms with Crippen molar-refractivity contribution >= 4 is 49.8 Å². The van der Waals surface area contributed by atoms with Crippen LogP contribution in [0.2, 0.25) is 5.02 Å². The lowest BCUT2D eigenvalue weighted by molar-refractivity contribution is 0.415. The molecule has 4 aromatic rings. The van der Waals surface area contributed by atoms with Crippen LogP contribution >= 0.6 is 23.1 Å². The van der Waals surface area contributed by atoms with Gasteiger partial charge in [0.25, 0.3) is 0 Å². The zero-order valence-electron chi connectivity index (χ0n) is 15.8. The molecule has 0 saturated carbocycles. The standard InChI is InChI=1S/C22H19ClFN3OS/c1-28-14-10-13-4-2-3-5-15(13)16(11-14)19-18(23)12-17-21(20(19)24)26-29-22(17)27-8-6-25-7-9-27/h2-5,10-12,25H,6-9H2,1H3. The van der Waals surface area contributed by atoms with Crippen molar-refractivity contribution in [3.8, 4) is 16.9 Å². The first kappa shape index (κ1) is 18.6. The van der Waals surface area contributed by atoms with E-state index in [1.807, 2.05) is 42.5 Å². The summed E-state index contributed by atoms with van der Waals surface area (Å²) in [6.07, 6.45) is 0. The fourth-order valence-electron chi connectivity index (χ4n) is 3.95. The number of anilines is 1. The van der Waals surface area contributed by atoms with Crippen LogP contribution in [-0.4, -0.2) is 37.7 Å². The van der Waals surface area contributed by atoms with Gasteiger partial charge in [-0.3, -0.25) is 0 Å². The highest BCUT2D eigenvalue weighted by Crippen LogP contribution is 2.43. The maximum absolute atomic E-state index is 15.7. The largest absolute Gasteiger partial charge is 0.497 e. The monoisotopic (exact) mass is 427 g/mol. The van der Waals surface area contributed by atoms with Gasteiger partial charge in [0, 0.05) is 37.1 Å². The maximum atomic E-state index is 15.7. The van der Waals surface area contributed by atoms with E-state index in [9.17, 15) is 0 Å². The van der Waals surface area contributed by atoms with Gasteiger partial charge in [0.1, 0.15) is 16.3 Å². The summed E-state index contributed by atoms with van der Waals surface area (Å²) in [6.45, 7) is 3.56. The van der Waals surface area contributed by atoms with Crippen LogP contribution in [0.3, 0.4) is 0 Å². The maximum Gasteiger partial charge on any atom is 0.159 e. The molecule has 0 radical (unpaired) electrons. The Balaban J connectivity index is 1.74. The van der Waals surface area contributed by atoms with Crippen LogP contribution in [0.1, 0.15) is 0 Å². The molecule has 1 aromatic heterocycles. The van der Waals surface area contributed by atoms with Gasteiger partial charge in [-0.05, 0) is 46.1 Å². The Morgan fingerprint density at radius 1 is 1.14 bits per heavy atom. The molecular weight excluding hydrogens is 409 g/mol. The molecule has 1 aliphatic heterocycles. The molecule has 1 aliphatic rings. The molecule has 148 valence electrons. The molecule has 2 heterocycles. The smallest absolute Gasteiger partial charge is 0.159 e. The van der Waals surface area contributed by atoms with E-state index < -0.39 is 0 Å². The molecule has 0 spiro atoms. The highest BCUT2D eigenvalue weighted by molar-refractivity contribution is 7.11. The molecule has 1 saturated heterocycles. The van der Waals surface area contributed by atoms with Crippen molar-refractivity contribution in [2.75, 3.05) is 38.2 Å². The minimum Gasteiger partial charge on any atom is -0.497 e. The fraction of sp³-hybridized carbons (Fsp3) is 0.227. The Hall–Kier alpha value is -2.41. The molecule has 7 heteroatoms. The van der Waals surface area contributed by atoms with Gasteiger partial charge in [0.15, 0.2) is 5.82 Å². The Bertz CT molecular complexity index is 1220. The highest BCUT2D eigenvalue weighted by Gasteiger charge is 2.23. The Kier molecular flexibility index (Phi) is 4.78. The second-order valence-corrected chi connectivity index (χ2v) is 8.22. The molecule has 29 heavy (non-hydrogen) atoms. The van der Waals surface area contributed by atoms with Gasteiger partial charge in [0.05, 0.1) is 12.1 Å². The van der Waals surface area contributed by atoms with Crippen LogP contribution in [-0.2, 0) is 0 Å². The molecule has 1 fully saturated rings. The van der Waals surface area contributed by atoms with Gasteiger partial charge in [-0.15, -0.1) is 0 Å². The molecule has 3 aromatic carbocycles. The van der Waals surface area contributed by atoms with Crippen molar-refractivity contribution in [3.63, 3.8) is 0 Å². The van der Waals surface area contributed by atoms with E-state index in [-0.39, 0.29) is 5.82 Å². The van der Waals surface area contributed by atoms with Crippen molar-refractivity contribution in [3.05, 3.63) is 53.3 Å². The summed E-state index contributed by atoms with van der Waals surface area (Å²) in [5, 5.41) is 7.36. The van der Waals surface area contributed by atoms with E-state index in [0.29, 0.717) is 27.4 Å². The number of benzene rings is 3. The lowest BCUT2D eigenvalue weighted by Crippen LogP contribution is -2.43. The number of rotatable bonds is 3.